The lowest BCUT2D eigenvalue weighted by Crippen LogP contribution is -1.98. The van der Waals surface area contributed by atoms with Gasteiger partial charge < -0.3 is 9.47 Å². The first-order valence-corrected chi connectivity index (χ1v) is 6.31. The number of hydrogen-bond acceptors (Lipinski definition) is 2. The third kappa shape index (κ3) is 3.89. The topological polar surface area (TPSA) is 18.5 Å². The highest BCUT2D eigenvalue weighted by atomic mass is 79.9. The van der Waals surface area contributed by atoms with Crippen molar-refractivity contribution in [3.63, 3.8) is 0 Å². The molecule has 0 unspecified atom stereocenters. The van der Waals surface area contributed by atoms with Crippen molar-refractivity contribution >= 4 is 22.0 Å². The Morgan fingerprint density at radius 3 is 2.75 bits per heavy atom. The molecule has 0 heterocycles. The third-order valence-electron chi connectivity index (χ3n) is 2.20. The zero-order valence-electron chi connectivity index (χ0n) is 9.70. The minimum Gasteiger partial charge on any atom is -0.493 e. The third-order valence-corrected chi connectivity index (χ3v) is 2.46. The zero-order valence-corrected chi connectivity index (χ0v) is 11.3. The molecule has 0 aromatic heterocycles. The number of halogens is 1. The van der Waals surface area contributed by atoms with Gasteiger partial charge in [-0.15, -0.1) is 0 Å². The molecule has 0 aliphatic rings. The summed E-state index contributed by atoms with van der Waals surface area (Å²) >= 11 is 3.25. The molecule has 1 aromatic rings. The number of ether oxygens (including phenoxy) is 2. The van der Waals surface area contributed by atoms with Gasteiger partial charge in [-0.25, -0.2) is 0 Å². The molecule has 88 valence electrons. The highest BCUT2D eigenvalue weighted by Gasteiger charge is 2.04. The first kappa shape index (κ1) is 13.1. The Hall–Kier alpha value is -0.960. The molecule has 0 aliphatic carbocycles. The van der Waals surface area contributed by atoms with Crippen LogP contribution in [-0.4, -0.2) is 13.7 Å². The van der Waals surface area contributed by atoms with Gasteiger partial charge in [0.1, 0.15) is 0 Å². The molecule has 0 radical (unpaired) electrons. The van der Waals surface area contributed by atoms with E-state index in [2.05, 4.69) is 22.9 Å². The van der Waals surface area contributed by atoms with Gasteiger partial charge in [0.05, 0.1) is 13.7 Å². The Morgan fingerprint density at radius 1 is 1.31 bits per heavy atom. The fourth-order valence-electron chi connectivity index (χ4n) is 1.31. The van der Waals surface area contributed by atoms with Crippen molar-refractivity contribution in [3.8, 4) is 11.5 Å². The highest BCUT2D eigenvalue weighted by molar-refractivity contribution is 9.11. The maximum absolute atomic E-state index is 5.64. The molecule has 0 saturated carbocycles. The van der Waals surface area contributed by atoms with Crippen LogP contribution in [0.15, 0.2) is 23.2 Å². The van der Waals surface area contributed by atoms with Gasteiger partial charge >= 0.3 is 0 Å². The van der Waals surface area contributed by atoms with Crippen LogP contribution in [0, 0.1) is 0 Å². The summed E-state index contributed by atoms with van der Waals surface area (Å²) in [6.45, 7) is 2.88. The SMILES string of the molecule is CCCCOc1ccc(/C=C/Br)cc1OC. The van der Waals surface area contributed by atoms with Crippen molar-refractivity contribution in [1.29, 1.82) is 0 Å². The molecule has 2 nitrogen and oxygen atoms in total. The summed E-state index contributed by atoms with van der Waals surface area (Å²) in [5.41, 5.74) is 1.08. The summed E-state index contributed by atoms with van der Waals surface area (Å²) in [5, 5.41) is 0. The quantitative estimate of drug-likeness (QED) is 0.728. The van der Waals surface area contributed by atoms with Crippen molar-refractivity contribution in [2.24, 2.45) is 0 Å². The van der Waals surface area contributed by atoms with Crippen LogP contribution < -0.4 is 9.47 Å². The normalized spacial score (nSPS) is 10.7. The summed E-state index contributed by atoms with van der Waals surface area (Å²) in [6.07, 6.45) is 4.15. The van der Waals surface area contributed by atoms with E-state index in [1.165, 1.54) is 0 Å². The zero-order chi connectivity index (χ0) is 11.8. The van der Waals surface area contributed by atoms with E-state index in [-0.39, 0.29) is 0 Å². The molecule has 0 amide bonds. The van der Waals surface area contributed by atoms with E-state index in [0.29, 0.717) is 0 Å². The lowest BCUT2D eigenvalue weighted by molar-refractivity contribution is 0.288. The van der Waals surface area contributed by atoms with Gasteiger partial charge in [-0.2, -0.15) is 0 Å². The monoisotopic (exact) mass is 284 g/mol. The molecule has 0 atom stereocenters. The van der Waals surface area contributed by atoms with Gasteiger partial charge in [0, 0.05) is 0 Å². The number of benzene rings is 1. The fraction of sp³-hybridized carbons (Fsp3) is 0.385. The summed E-state index contributed by atoms with van der Waals surface area (Å²) in [4.78, 5) is 1.82. The van der Waals surface area contributed by atoms with Gasteiger partial charge in [-0.1, -0.05) is 35.3 Å². The second-order valence-corrected chi connectivity index (χ2v) is 3.93. The van der Waals surface area contributed by atoms with Crippen molar-refractivity contribution in [3.05, 3.63) is 28.7 Å². The minimum absolute atomic E-state index is 0.737. The fourth-order valence-corrected chi connectivity index (χ4v) is 1.61. The van der Waals surface area contributed by atoms with E-state index >= 15 is 0 Å². The van der Waals surface area contributed by atoms with Crippen molar-refractivity contribution in [1.82, 2.24) is 0 Å². The molecular weight excluding hydrogens is 268 g/mol. The first-order valence-electron chi connectivity index (χ1n) is 5.39. The van der Waals surface area contributed by atoms with Crippen LogP contribution >= 0.6 is 15.9 Å². The second-order valence-electron chi connectivity index (χ2n) is 3.40. The van der Waals surface area contributed by atoms with Gasteiger partial charge in [0.15, 0.2) is 11.5 Å². The Balaban J connectivity index is 2.76. The number of hydrogen-bond donors (Lipinski definition) is 0. The molecule has 1 rings (SSSR count). The molecule has 0 saturated heterocycles. The molecule has 0 aliphatic heterocycles. The molecule has 16 heavy (non-hydrogen) atoms. The molecule has 1 aromatic carbocycles. The van der Waals surface area contributed by atoms with Crippen molar-refractivity contribution in [2.45, 2.75) is 19.8 Å². The van der Waals surface area contributed by atoms with Crippen LogP contribution in [-0.2, 0) is 0 Å². The minimum atomic E-state index is 0.737. The second kappa shape index (κ2) is 7.34. The van der Waals surface area contributed by atoms with E-state index < -0.39 is 0 Å². The predicted octanol–water partition coefficient (Wildman–Crippen LogP) is 4.24. The van der Waals surface area contributed by atoms with Gasteiger partial charge in [-0.05, 0) is 35.2 Å². The average molecular weight is 285 g/mol. The Morgan fingerprint density at radius 2 is 2.12 bits per heavy atom. The number of rotatable bonds is 6. The Bertz CT molecular complexity index is 348. The number of unbranched alkanes of at least 4 members (excludes halogenated alkanes) is 1. The van der Waals surface area contributed by atoms with Crippen LogP contribution in [0.2, 0.25) is 0 Å². The molecular formula is C13H17BrO2. The van der Waals surface area contributed by atoms with Crippen molar-refractivity contribution < 1.29 is 9.47 Å². The van der Waals surface area contributed by atoms with Crippen molar-refractivity contribution in [2.75, 3.05) is 13.7 Å². The molecule has 0 spiro atoms. The lowest BCUT2D eigenvalue weighted by atomic mass is 10.2. The molecule has 3 heteroatoms. The lowest BCUT2D eigenvalue weighted by Gasteiger charge is -2.10. The highest BCUT2D eigenvalue weighted by Crippen LogP contribution is 2.28. The molecule has 0 N–H and O–H groups in total. The summed E-state index contributed by atoms with van der Waals surface area (Å²) in [5.74, 6) is 1.59. The van der Waals surface area contributed by atoms with E-state index in [4.69, 9.17) is 9.47 Å². The smallest absolute Gasteiger partial charge is 0.161 e. The van der Waals surface area contributed by atoms with E-state index in [1.54, 1.807) is 7.11 Å². The van der Waals surface area contributed by atoms with E-state index in [9.17, 15) is 0 Å². The first-order chi connectivity index (χ1) is 7.81. The van der Waals surface area contributed by atoms with Crippen LogP contribution in [0.3, 0.4) is 0 Å². The van der Waals surface area contributed by atoms with Crippen LogP contribution in [0.1, 0.15) is 25.3 Å². The maximum Gasteiger partial charge on any atom is 0.161 e. The maximum atomic E-state index is 5.64. The Labute approximate surface area is 105 Å². The van der Waals surface area contributed by atoms with Crippen LogP contribution in [0.5, 0.6) is 11.5 Å². The molecule has 0 fully saturated rings. The number of methoxy groups -OCH3 is 1. The summed E-state index contributed by atoms with van der Waals surface area (Å²) in [7, 11) is 1.66. The van der Waals surface area contributed by atoms with Gasteiger partial charge in [-0.3, -0.25) is 0 Å². The van der Waals surface area contributed by atoms with E-state index in [1.807, 2.05) is 29.3 Å². The summed E-state index contributed by atoms with van der Waals surface area (Å²) < 4.78 is 10.9. The Kier molecular flexibility index (Phi) is 6.01. The standard InChI is InChI=1S/C13H17BrO2/c1-3-4-9-16-12-6-5-11(7-8-14)10-13(12)15-2/h5-8,10H,3-4,9H2,1-2H3/b8-7+. The molecule has 0 bridgehead atoms. The van der Waals surface area contributed by atoms with Crippen LogP contribution in [0.25, 0.3) is 6.08 Å². The van der Waals surface area contributed by atoms with Crippen LogP contribution in [0.4, 0.5) is 0 Å². The predicted molar refractivity (Wildman–Crippen MR) is 71.4 cm³/mol. The summed E-state index contributed by atoms with van der Waals surface area (Å²) in [6, 6.07) is 5.90. The largest absolute Gasteiger partial charge is 0.493 e. The van der Waals surface area contributed by atoms with Gasteiger partial charge in [0.25, 0.3) is 0 Å². The average Bonchev–Trinajstić information content (AvgIpc) is 2.31. The van der Waals surface area contributed by atoms with Gasteiger partial charge in [0.2, 0.25) is 0 Å². The van der Waals surface area contributed by atoms with E-state index in [0.717, 1.165) is 36.5 Å².